The number of ether oxygens (including phenoxy) is 2. The molecule has 0 radical (unpaired) electrons. The first-order chi connectivity index (χ1) is 9.99. The van der Waals surface area contributed by atoms with Gasteiger partial charge in [-0.25, -0.2) is 4.79 Å². The van der Waals surface area contributed by atoms with E-state index in [1.165, 1.54) is 6.08 Å². The van der Waals surface area contributed by atoms with Crippen molar-refractivity contribution in [1.29, 1.82) is 0 Å². The second kappa shape index (κ2) is 7.86. The van der Waals surface area contributed by atoms with E-state index in [4.69, 9.17) is 19.7 Å². The molecule has 0 amide bonds. The fourth-order valence-electron chi connectivity index (χ4n) is 1.57. The van der Waals surface area contributed by atoms with E-state index in [2.05, 4.69) is 13.2 Å². The summed E-state index contributed by atoms with van der Waals surface area (Å²) in [5.74, 6) is -2.50. The quantitative estimate of drug-likeness (QED) is 0.534. The number of hydrogen-bond acceptors (Lipinski definition) is 4. The highest BCUT2D eigenvalue weighted by Gasteiger charge is 2.16. The Kier molecular flexibility index (Phi) is 6.16. The van der Waals surface area contributed by atoms with Gasteiger partial charge in [-0.05, 0) is 17.7 Å². The topological polar surface area (TPSA) is 93.1 Å². The summed E-state index contributed by atoms with van der Waals surface area (Å²) in [5, 5.41) is 17.7. The maximum Gasteiger partial charge on any atom is 0.337 e. The van der Waals surface area contributed by atoms with Gasteiger partial charge >= 0.3 is 11.9 Å². The van der Waals surface area contributed by atoms with Crippen molar-refractivity contribution >= 4 is 11.9 Å². The monoisotopic (exact) mass is 292 g/mol. The van der Waals surface area contributed by atoms with E-state index in [0.717, 1.165) is 6.08 Å². The van der Waals surface area contributed by atoms with Crippen molar-refractivity contribution in [3.05, 3.63) is 55.1 Å². The average molecular weight is 292 g/mol. The third-order valence-corrected chi connectivity index (χ3v) is 2.67. The second-order valence-corrected chi connectivity index (χ2v) is 4.04. The van der Waals surface area contributed by atoms with Crippen LogP contribution < -0.4 is 4.74 Å². The van der Waals surface area contributed by atoms with Gasteiger partial charge in [0.25, 0.3) is 0 Å². The van der Waals surface area contributed by atoms with Crippen molar-refractivity contribution in [1.82, 2.24) is 0 Å². The summed E-state index contributed by atoms with van der Waals surface area (Å²) in [4.78, 5) is 21.6. The van der Waals surface area contributed by atoms with Gasteiger partial charge in [-0.3, -0.25) is 4.79 Å². The molecule has 6 heteroatoms. The minimum atomic E-state index is -1.15. The number of aliphatic carboxylic acids is 2. The van der Waals surface area contributed by atoms with Crippen LogP contribution >= 0.6 is 0 Å². The Bertz CT molecular complexity index is 519. The van der Waals surface area contributed by atoms with Crippen LogP contribution in [0.15, 0.2) is 49.6 Å². The van der Waals surface area contributed by atoms with Crippen molar-refractivity contribution < 1.29 is 29.3 Å². The summed E-state index contributed by atoms with van der Waals surface area (Å²) < 4.78 is 10.2. The zero-order valence-corrected chi connectivity index (χ0v) is 11.3. The SMILES string of the molecule is C=CC(OCOc1ccc(C(C=C)C(=O)O)cc1)C(=O)O. The van der Waals surface area contributed by atoms with Crippen LogP contribution in [0.1, 0.15) is 11.5 Å². The summed E-state index contributed by atoms with van der Waals surface area (Å²) in [6.45, 7) is 6.56. The molecule has 0 spiro atoms. The molecule has 112 valence electrons. The van der Waals surface area contributed by atoms with E-state index >= 15 is 0 Å². The van der Waals surface area contributed by atoms with Gasteiger partial charge < -0.3 is 19.7 Å². The van der Waals surface area contributed by atoms with Gasteiger partial charge in [0, 0.05) is 0 Å². The summed E-state index contributed by atoms with van der Waals surface area (Å²) in [7, 11) is 0. The zero-order valence-electron chi connectivity index (χ0n) is 11.3. The van der Waals surface area contributed by atoms with Crippen molar-refractivity contribution in [3.63, 3.8) is 0 Å². The van der Waals surface area contributed by atoms with Gasteiger partial charge in [-0.1, -0.05) is 30.9 Å². The maximum atomic E-state index is 11.0. The lowest BCUT2D eigenvalue weighted by atomic mass is 10.00. The molecule has 2 unspecified atom stereocenters. The van der Waals surface area contributed by atoms with Crippen LogP contribution in [-0.4, -0.2) is 35.0 Å². The summed E-state index contributed by atoms with van der Waals surface area (Å²) in [6, 6.07) is 6.33. The van der Waals surface area contributed by atoms with Crippen LogP contribution in [0.4, 0.5) is 0 Å². The first-order valence-electron chi connectivity index (χ1n) is 6.04. The molecular weight excluding hydrogens is 276 g/mol. The van der Waals surface area contributed by atoms with Crippen molar-refractivity contribution in [2.24, 2.45) is 0 Å². The molecule has 0 aliphatic rings. The molecule has 1 aromatic rings. The average Bonchev–Trinajstić information content (AvgIpc) is 2.45. The van der Waals surface area contributed by atoms with Crippen LogP contribution in [0.5, 0.6) is 5.75 Å². The van der Waals surface area contributed by atoms with Crippen molar-refractivity contribution in [2.45, 2.75) is 12.0 Å². The van der Waals surface area contributed by atoms with Gasteiger partial charge in [0.1, 0.15) is 5.75 Å². The molecule has 2 N–H and O–H groups in total. The first kappa shape index (κ1) is 16.5. The highest BCUT2D eigenvalue weighted by atomic mass is 16.7. The van der Waals surface area contributed by atoms with Crippen LogP contribution in [0.2, 0.25) is 0 Å². The van der Waals surface area contributed by atoms with E-state index in [0.29, 0.717) is 11.3 Å². The molecule has 1 rings (SSSR count). The molecule has 0 fully saturated rings. The van der Waals surface area contributed by atoms with Crippen molar-refractivity contribution in [3.8, 4) is 5.75 Å². The Balaban J connectivity index is 2.59. The molecule has 0 aliphatic carbocycles. The smallest absolute Gasteiger partial charge is 0.337 e. The number of carboxylic acid groups (broad SMARTS) is 2. The predicted molar refractivity (Wildman–Crippen MR) is 75.2 cm³/mol. The molecule has 0 saturated carbocycles. The van der Waals surface area contributed by atoms with E-state index in [1.54, 1.807) is 24.3 Å². The molecule has 1 aromatic carbocycles. The van der Waals surface area contributed by atoms with Crippen LogP contribution in [0.3, 0.4) is 0 Å². The van der Waals surface area contributed by atoms with Gasteiger partial charge in [-0.15, -0.1) is 6.58 Å². The molecule has 0 aromatic heterocycles. The minimum absolute atomic E-state index is 0.258. The standard InChI is InChI=1S/C15H16O6/c1-3-12(14(16)17)10-5-7-11(8-6-10)20-9-21-13(4-2)15(18)19/h3-8,12-13H,1-2,9H2,(H,16,17)(H,18,19). The fraction of sp³-hybridized carbons (Fsp3) is 0.200. The molecular formula is C15H16O6. The fourth-order valence-corrected chi connectivity index (χ4v) is 1.57. The van der Waals surface area contributed by atoms with E-state index < -0.39 is 24.0 Å². The molecule has 6 nitrogen and oxygen atoms in total. The predicted octanol–water partition coefficient (Wildman–Crippen LogP) is 2.03. The van der Waals surface area contributed by atoms with E-state index in [9.17, 15) is 9.59 Å². The Morgan fingerprint density at radius 1 is 1.10 bits per heavy atom. The molecule has 0 aliphatic heterocycles. The van der Waals surface area contributed by atoms with Gasteiger partial charge in [0.05, 0.1) is 5.92 Å². The van der Waals surface area contributed by atoms with Crippen LogP contribution in [-0.2, 0) is 14.3 Å². The van der Waals surface area contributed by atoms with E-state index in [-0.39, 0.29) is 6.79 Å². The summed E-state index contributed by atoms with van der Waals surface area (Å²) >= 11 is 0. The third-order valence-electron chi connectivity index (χ3n) is 2.67. The van der Waals surface area contributed by atoms with Gasteiger partial charge in [0.2, 0.25) is 0 Å². The Morgan fingerprint density at radius 2 is 1.71 bits per heavy atom. The van der Waals surface area contributed by atoms with Gasteiger partial charge in [0.15, 0.2) is 12.9 Å². The lowest BCUT2D eigenvalue weighted by molar-refractivity contribution is -0.151. The summed E-state index contributed by atoms with van der Waals surface area (Å²) in [6.07, 6.45) is 1.35. The van der Waals surface area contributed by atoms with Gasteiger partial charge in [-0.2, -0.15) is 0 Å². The first-order valence-corrected chi connectivity index (χ1v) is 6.04. The largest absolute Gasteiger partial charge is 0.481 e. The highest BCUT2D eigenvalue weighted by molar-refractivity contribution is 5.78. The maximum absolute atomic E-state index is 11.0. The van der Waals surface area contributed by atoms with E-state index in [1.807, 2.05) is 0 Å². The zero-order chi connectivity index (χ0) is 15.8. The Morgan fingerprint density at radius 3 is 2.14 bits per heavy atom. The molecule has 0 heterocycles. The number of benzene rings is 1. The Hall–Kier alpha value is -2.60. The molecule has 0 saturated heterocycles. The summed E-state index contributed by atoms with van der Waals surface area (Å²) in [5.41, 5.74) is 0.570. The minimum Gasteiger partial charge on any atom is -0.481 e. The number of rotatable bonds is 9. The van der Waals surface area contributed by atoms with Crippen LogP contribution in [0, 0.1) is 0 Å². The third kappa shape index (κ3) is 4.77. The highest BCUT2D eigenvalue weighted by Crippen LogP contribution is 2.20. The number of carbonyl (C=O) groups is 2. The second-order valence-electron chi connectivity index (χ2n) is 4.04. The normalized spacial score (nSPS) is 13.0. The Labute approximate surface area is 121 Å². The molecule has 21 heavy (non-hydrogen) atoms. The molecule has 2 atom stereocenters. The lowest BCUT2D eigenvalue weighted by Gasteiger charge is -2.12. The lowest BCUT2D eigenvalue weighted by Crippen LogP contribution is -2.23. The van der Waals surface area contributed by atoms with Crippen LogP contribution in [0.25, 0.3) is 0 Å². The number of hydrogen-bond donors (Lipinski definition) is 2. The van der Waals surface area contributed by atoms with Crippen molar-refractivity contribution in [2.75, 3.05) is 6.79 Å². The molecule has 0 bridgehead atoms. The number of carboxylic acids is 2.